The molecule has 0 aliphatic carbocycles. The predicted octanol–water partition coefficient (Wildman–Crippen LogP) is 4.25. The zero-order valence-corrected chi connectivity index (χ0v) is 25.4. The lowest BCUT2D eigenvalue weighted by molar-refractivity contribution is 0.0651. The van der Waals surface area contributed by atoms with Gasteiger partial charge in [-0.25, -0.2) is 14.6 Å². The Morgan fingerprint density at radius 1 is 0.952 bits per heavy atom. The van der Waals surface area contributed by atoms with Gasteiger partial charge in [-0.05, 0) is 79.0 Å². The fourth-order valence-corrected chi connectivity index (χ4v) is 6.70. The van der Waals surface area contributed by atoms with E-state index in [4.69, 9.17) is 0 Å². The molecule has 42 heavy (non-hydrogen) atoms. The van der Waals surface area contributed by atoms with Crippen molar-refractivity contribution in [2.24, 2.45) is 7.05 Å². The number of nitrogens with one attached hydrogen (secondary N) is 1. The molecule has 2 aromatic heterocycles. The number of benzene rings is 1. The maximum absolute atomic E-state index is 12.4. The standard InChI is InChI=1S/C30H35BrN6O5/c1-18-12-21(8-9-36(18)22-4-6-24(29(39)40)25(14-22)30(41)42)35-10-11-37(19(2)16-35)23-5-7-27(32-15-23)33-26-13-20(31)17-34(3)28(26)38/h4-7,13-15,17-19,21H,8-12,16H2,1-3H3,(H,32,33)(H,39,40)(H,41,42)/t18-,19-,21+/m0/s1. The molecule has 1 aromatic carbocycles. The van der Waals surface area contributed by atoms with Crippen LogP contribution in [-0.2, 0) is 7.05 Å². The smallest absolute Gasteiger partial charge is 0.336 e. The Balaban J connectivity index is 1.19. The summed E-state index contributed by atoms with van der Waals surface area (Å²) in [6.07, 6.45) is 5.44. The summed E-state index contributed by atoms with van der Waals surface area (Å²) >= 11 is 3.42. The Morgan fingerprint density at radius 3 is 2.31 bits per heavy atom. The van der Waals surface area contributed by atoms with E-state index in [1.807, 2.05) is 18.3 Å². The molecule has 2 saturated heterocycles. The highest BCUT2D eigenvalue weighted by Crippen LogP contribution is 2.31. The van der Waals surface area contributed by atoms with E-state index in [0.717, 1.165) is 54.9 Å². The molecular weight excluding hydrogens is 604 g/mol. The van der Waals surface area contributed by atoms with Crippen molar-refractivity contribution in [2.45, 2.75) is 44.8 Å². The van der Waals surface area contributed by atoms with Crippen molar-refractivity contribution in [3.63, 3.8) is 0 Å². The first-order valence-electron chi connectivity index (χ1n) is 14.0. The Morgan fingerprint density at radius 2 is 1.67 bits per heavy atom. The van der Waals surface area contributed by atoms with Crippen LogP contribution >= 0.6 is 15.9 Å². The molecule has 2 aliphatic rings. The molecule has 0 saturated carbocycles. The molecular formula is C30H35BrN6O5. The number of carboxylic acid groups (broad SMARTS) is 2. The number of aryl methyl sites for hydroxylation is 1. The molecule has 3 aromatic rings. The number of halogens is 1. The summed E-state index contributed by atoms with van der Waals surface area (Å²) in [6, 6.07) is 11.1. The summed E-state index contributed by atoms with van der Waals surface area (Å²) in [4.78, 5) is 47.2. The van der Waals surface area contributed by atoms with Gasteiger partial charge >= 0.3 is 11.9 Å². The van der Waals surface area contributed by atoms with Crippen LogP contribution in [-0.4, -0.2) is 80.9 Å². The van der Waals surface area contributed by atoms with E-state index in [2.05, 4.69) is 54.8 Å². The lowest BCUT2D eigenvalue weighted by Gasteiger charge is -2.48. The molecule has 0 bridgehead atoms. The van der Waals surface area contributed by atoms with Crippen molar-refractivity contribution in [2.75, 3.05) is 41.3 Å². The van der Waals surface area contributed by atoms with Crippen LogP contribution in [0.5, 0.6) is 0 Å². The maximum atomic E-state index is 12.4. The van der Waals surface area contributed by atoms with Gasteiger partial charge in [0.15, 0.2) is 0 Å². The van der Waals surface area contributed by atoms with Crippen molar-refractivity contribution in [3.05, 3.63) is 74.7 Å². The molecule has 3 N–H and O–H groups in total. The average Bonchev–Trinajstić information content (AvgIpc) is 2.95. The molecule has 2 aliphatic heterocycles. The first kappa shape index (κ1) is 29.6. The number of rotatable bonds is 7. The molecule has 0 unspecified atom stereocenters. The minimum absolute atomic E-state index is 0.130. The molecule has 3 atom stereocenters. The van der Waals surface area contributed by atoms with E-state index in [-0.39, 0.29) is 28.8 Å². The summed E-state index contributed by atoms with van der Waals surface area (Å²) in [5, 5.41) is 22.0. The predicted molar refractivity (Wildman–Crippen MR) is 165 cm³/mol. The maximum Gasteiger partial charge on any atom is 0.336 e. The number of anilines is 4. The Kier molecular flexibility index (Phi) is 8.55. The number of carbonyl (C=O) groups is 2. The van der Waals surface area contributed by atoms with Gasteiger partial charge in [0.1, 0.15) is 11.5 Å². The number of carboxylic acids is 2. The highest BCUT2D eigenvalue weighted by molar-refractivity contribution is 9.10. The highest BCUT2D eigenvalue weighted by Gasteiger charge is 2.34. The van der Waals surface area contributed by atoms with Crippen molar-refractivity contribution in [3.8, 4) is 0 Å². The summed E-state index contributed by atoms with van der Waals surface area (Å²) in [5.74, 6) is -1.87. The number of hydrogen-bond donors (Lipinski definition) is 3. The SMILES string of the molecule is C[C@H]1C[C@H](N2CCN(c3ccc(Nc4cc(Br)cn(C)c4=O)nc3)[C@@H](C)C2)CCN1c1ccc(C(=O)O)c(C(=O)O)c1. The molecule has 4 heterocycles. The number of aromatic carboxylic acids is 2. The van der Waals surface area contributed by atoms with E-state index in [1.165, 1.54) is 16.7 Å². The van der Waals surface area contributed by atoms with Crippen LogP contribution in [0.2, 0.25) is 0 Å². The normalized spacial score (nSPS) is 21.3. The van der Waals surface area contributed by atoms with Crippen molar-refractivity contribution < 1.29 is 19.8 Å². The first-order valence-corrected chi connectivity index (χ1v) is 14.8. The lowest BCUT2D eigenvalue weighted by atomic mass is 9.94. The molecule has 5 rings (SSSR count). The molecule has 0 amide bonds. The number of hydrogen-bond acceptors (Lipinski definition) is 8. The quantitative estimate of drug-likeness (QED) is 0.345. The third kappa shape index (κ3) is 6.14. The van der Waals surface area contributed by atoms with Crippen LogP contribution in [0.15, 0.2) is 58.1 Å². The molecule has 11 nitrogen and oxygen atoms in total. The van der Waals surface area contributed by atoms with Crippen LogP contribution in [0.3, 0.4) is 0 Å². The lowest BCUT2D eigenvalue weighted by Crippen LogP contribution is -2.58. The highest BCUT2D eigenvalue weighted by atomic mass is 79.9. The number of aromatic nitrogens is 2. The van der Waals surface area contributed by atoms with E-state index in [9.17, 15) is 24.6 Å². The number of piperazine rings is 1. The van der Waals surface area contributed by atoms with Crippen molar-refractivity contribution >= 4 is 50.7 Å². The van der Waals surface area contributed by atoms with Crippen LogP contribution in [0.4, 0.5) is 22.9 Å². The van der Waals surface area contributed by atoms with Gasteiger partial charge in [0, 0.05) is 67.7 Å². The average molecular weight is 640 g/mol. The van der Waals surface area contributed by atoms with Gasteiger partial charge in [0.05, 0.1) is 23.0 Å². The Labute approximate surface area is 252 Å². The van der Waals surface area contributed by atoms with Gasteiger partial charge in [0.25, 0.3) is 5.56 Å². The van der Waals surface area contributed by atoms with E-state index in [0.29, 0.717) is 17.5 Å². The van der Waals surface area contributed by atoms with Gasteiger partial charge in [-0.15, -0.1) is 0 Å². The molecule has 222 valence electrons. The van der Waals surface area contributed by atoms with Crippen molar-refractivity contribution in [1.82, 2.24) is 14.5 Å². The van der Waals surface area contributed by atoms with Gasteiger partial charge in [0.2, 0.25) is 0 Å². The summed E-state index contributed by atoms with van der Waals surface area (Å²) < 4.78 is 2.32. The molecule has 2 fully saturated rings. The first-order chi connectivity index (χ1) is 20.0. The van der Waals surface area contributed by atoms with Crippen LogP contribution in [0, 0.1) is 0 Å². The minimum atomic E-state index is -1.24. The van der Waals surface area contributed by atoms with E-state index < -0.39 is 11.9 Å². The minimum Gasteiger partial charge on any atom is -0.478 e. The molecule has 0 spiro atoms. The monoisotopic (exact) mass is 638 g/mol. The Bertz CT molecular complexity index is 1540. The summed E-state index contributed by atoms with van der Waals surface area (Å²) in [5.41, 5.74) is 1.72. The van der Waals surface area contributed by atoms with Crippen LogP contribution in [0.1, 0.15) is 47.4 Å². The van der Waals surface area contributed by atoms with Crippen LogP contribution in [0.25, 0.3) is 0 Å². The number of nitrogens with zero attached hydrogens (tertiary/aromatic N) is 5. The van der Waals surface area contributed by atoms with Gasteiger partial charge < -0.3 is 29.9 Å². The van der Waals surface area contributed by atoms with Gasteiger partial charge in [-0.2, -0.15) is 0 Å². The van der Waals surface area contributed by atoms with Gasteiger partial charge in [-0.3, -0.25) is 9.69 Å². The Hall–Kier alpha value is -3.90. The molecule has 0 radical (unpaired) electrons. The zero-order valence-electron chi connectivity index (χ0n) is 23.8. The largest absolute Gasteiger partial charge is 0.478 e. The second kappa shape index (κ2) is 12.1. The van der Waals surface area contributed by atoms with Crippen molar-refractivity contribution in [1.29, 1.82) is 0 Å². The summed E-state index contributed by atoms with van der Waals surface area (Å²) in [7, 11) is 1.71. The number of pyridine rings is 2. The van der Waals surface area contributed by atoms with Gasteiger partial charge in [-0.1, -0.05) is 0 Å². The van der Waals surface area contributed by atoms with E-state index in [1.54, 1.807) is 25.4 Å². The summed E-state index contributed by atoms with van der Waals surface area (Å²) in [6.45, 7) is 7.84. The second-order valence-electron chi connectivity index (χ2n) is 11.1. The number of piperidine rings is 1. The van der Waals surface area contributed by atoms with Crippen LogP contribution < -0.4 is 20.7 Å². The second-order valence-corrected chi connectivity index (χ2v) is 12.0. The fraction of sp³-hybridized carbons (Fsp3) is 0.400. The zero-order chi connectivity index (χ0) is 30.1. The fourth-order valence-electron chi connectivity index (χ4n) is 6.17. The topological polar surface area (TPSA) is 131 Å². The molecule has 12 heteroatoms. The third-order valence-electron chi connectivity index (χ3n) is 8.31. The van der Waals surface area contributed by atoms with E-state index >= 15 is 0 Å². The third-order valence-corrected chi connectivity index (χ3v) is 8.75.